The van der Waals surface area contributed by atoms with Crippen molar-refractivity contribution in [3.63, 3.8) is 0 Å². The van der Waals surface area contributed by atoms with E-state index < -0.39 is 0 Å². The number of rotatable bonds is 3. The van der Waals surface area contributed by atoms with Crippen LogP contribution < -0.4 is 10.9 Å². The fourth-order valence-corrected chi connectivity index (χ4v) is 5.02. The molecular formula is C18H25ClN4O2S. The van der Waals surface area contributed by atoms with Crippen molar-refractivity contribution in [1.82, 2.24) is 20.2 Å². The van der Waals surface area contributed by atoms with E-state index in [1.807, 2.05) is 18.7 Å². The number of hydrogen-bond donors (Lipinski definition) is 2. The summed E-state index contributed by atoms with van der Waals surface area (Å²) in [5.74, 6) is 0.775. The van der Waals surface area contributed by atoms with Crippen LogP contribution in [0.3, 0.4) is 0 Å². The largest absolute Gasteiger partial charge is 0.341 e. The van der Waals surface area contributed by atoms with Gasteiger partial charge in [-0.25, -0.2) is 4.98 Å². The van der Waals surface area contributed by atoms with E-state index in [9.17, 15) is 9.59 Å². The van der Waals surface area contributed by atoms with Gasteiger partial charge in [0.1, 0.15) is 10.7 Å². The third-order valence-electron chi connectivity index (χ3n) is 5.54. The lowest BCUT2D eigenvalue weighted by molar-refractivity contribution is -0.131. The number of halogens is 1. The van der Waals surface area contributed by atoms with Crippen LogP contribution in [-0.2, 0) is 11.2 Å². The first kappa shape index (κ1) is 19.3. The molecular weight excluding hydrogens is 372 g/mol. The number of amides is 1. The number of hydrogen-bond acceptors (Lipinski definition) is 5. The molecule has 0 radical (unpaired) electrons. The Morgan fingerprint density at radius 1 is 1.27 bits per heavy atom. The number of aromatic nitrogens is 2. The van der Waals surface area contributed by atoms with Gasteiger partial charge in [-0.05, 0) is 38.7 Å². The topological polar surface area (TPSA) is 78.1 Å². The monoisotopic (exact) mass is 396 g/mol. The highest BCUT2D eigenvalue weighted by atomic mass is 35.5. The second-order valence-electron chi connectivity index (χ2n) is 7.24. The quantitative estimate of drug-likeness (QED) is 0.834. The summed E-state index contributed by atoms with van der Waals surface area (Å²) in [6.45, 7) is 5.60. The molecule has 26 heavy (non-hydrogen) atoms. The number of carbonyl (C=O) groups excluding carboxylic acids is 1. The maximum atomic E-state index is 12.6. The molecule has 1 amide bonds. The minimum absolute atomic E-state index is 0. The highest BCUT2D eigenvalue weighted by molar-refractivity contribution is 7.18. The molecule has 2 atom stereocenters. The van der Waals surface area contributed by atoms with E-state index in [1.165, 1.54) is 6.42 Å². The molecule has 2 N–H and O–H groups in total. The molecule has 2 unspecified atom stereocenters. The van der Waals surface area contributed by atoms with E-state index in [-0.39, 0.29) is 23.9 Å². The van der Waals surface area contributed by atoms with Gasteiger partial charge >= 0.3 is 0 Å². The molecule has 0 aliphatic carbocycles. The maximum Gasteiger partial charge on any atom is 0.259 e. The zero-order valence-corrected chi connectivity index (χ0v) is 16.8. The number of likely N-dealkylation sites (tertiary alicyclic amines) is 1. The van der Waals surface area contributed by atoms with Gasteiger partial charge in [-0.15, -0.1) is 23.7 Å². The number of fused-ring (bicyclic) bond motifs is 3. The van der Waals surface area contributed by atoms with Gasteiger partial charge < -0.3 is 15.2 Å². The average molecular weight is 397 g/mol. The summed E-state index contributed by atoms with van der Waals surface area (Å²) in [7, 11) is 0. The Morgan fingerprint density at radius 3 is 2.85 bits per heavy atom. The Labute approximate surface area is 162 Å². The first-order valence-corrected chi connectivity index (χ1v) is 9.85. The summed E-state index contributed by atoms with van der Waals surface area (Å²) in [5.41, 5.74) is 0.911. The molecule has 0 spiro atoms. The van der Waals surface area contributed by atoms with Gasteiger partial charge in [0.2, 0.25) is 5.91 Å². The van der Waals surface area contributed by atoms with Gasteiger partial charge in [-0.3, -0.25) is 9.59 Å². The first-order chi connectivity index (χ1) is 12.0. The number of aromatic amines is 1. The number of aryl methyl sites for hydroxylation is 3. The van der Waals surface area contributed by atoms with Crippen molar-refractivity contribution in [2.45, 2.75) is 58.0 Å². The molecule has 2 aliphatic rings. The number of nitrogens with one attached hydrogen (secondary N) is 2. The van der Waals surface area contributed by atoms with Crippen molar-refractivity contribution in [3.8, 4) is 0 Å². The maximum absolute atomic E-state index is 12.6. The minimum atomic E-state index is -0.0921. The standard InChI is InChI=1S/C18H24N4O2S.ClH/c1-10-11(2)25-18-16(10)17(24)20-14(21-18)5-6-15(23)22-8-7-12-3-4-13(9-22)19-12;/h12-13,19H,3-9H2,1-2H3,(H,20,21,24);1H. The normalized spacial score (nSPS) is 22.3. The smallest absolute Gasteiger partial charge is 0.259 e. The van der Waals surface area contributed by atoms with Crippen molar-refractivity contribution < 1.29 is 4.79 Å². The second kappa shape index (κ2) is 7.66. The summed E-state index contributed by atoms with van der Waals surface area (Å²) in [6, 6.07) is 1.02. The summed E-state index contributed by atoms with van der Waals surface area (Å²) < 4.78 is 0. The Hall–Kier alpha value is -1.44. The van der Waals surface area contributed by atoms with Crippen LogP contribution in [0.25, 0.3) is 10.2 Å². The number of carbonyl (C=O) groups is 1. The Kier molecular flexibility index (Phi) is 5.69. The lowest BCUT2D eigenvalue weighted by Gasteiger charge is -2.24. The van der Waals surface area contributed by atoms with Crippen LogP contribution in [-0.4, -0.2) is 45.9 Å². The van der Waals surface area contributed by atoms with Crippen LogP contribution in [0.4, 0.5) is 0 Å². The van der Waals surface area contributed by atoms with E-state index in [2.05, 4.69) is 15.3 Å². The molecule has 0 aromatic carbocycles. The second-order valence-corrected chi connectivity index (χ2v) is 8.45. The Bertz CT molecular complexity index is 878. The highest BCUT2D eigenvalue weighted by Gasteiger charge is 2.30. The van der Waals surface area contributed by atoms with Crippen LogP contribution in [0.1, 0.15) is 41.9 Å². The zero-order valence-electron chi connectivity index (χ0n) is 15.1. The molecule has 2 fully saturated rings. The van der Waals surface area contributed by atoms with Gasteiger partial charge in [-0.1, -0.05) is 0 Å². The van der Waals surface area contributed by atoms with Crippen LogP contribution >= 0.6 is 23.7 Å². The van der Waals surface area contributed by atoms with E-state index in [0.29, 0.717) is 36.1 Å². The van der Waals surface area contributed by atoms with Gasteiger partial charge in [0.15, 0.2) is 0 Å². The molecule has 6 nitrogen and oxygen atoms in total. The van der Waals surface area contributed by atoms with Gasteiger partial charge in [0.05, 0.1) is 5.39 Å². The first-order valence-electron chi connectivity index (χ1n) is 9.04. The predicted octanol–water partition coefficient (Wildman–Crippen LogP) is 2.31. The summed E-state index contributed by atoms with van der Waals surface area (Å²) >= 11 is 1.55. The molecule has 0 saturated carbocycles. The van der Waals surface area contributed by atoms with Gasteiger partial charge in [0.25, 0.3) is 5.56 Å². The minimum Gasteiger partial charge on any atom is -0.341 e. The molecule has 2 aromatic heterocycles. The van der Waals surface area contributed by atoms with Crippen molar-refractivity contribution in [2.24, 2.45) is 0 Å². The van der Waals surface area contributed by atoms with E-state index in [1.54, 1.807) is 11.3 Å². The van der Waals surface area contributed by atoms with Gasteiger partial charge in [-0.2, -0.15) is 0 Å². The fraction of sp³-hybridized carbons (Fsp3) is 0.611. The number of thiophene rings is 1. The molecule has 4 heterocycles. The lowest BCUT2D eigenvalue weighted by Crippen LogP contribution is -2.39. The van der Waals surface area contributed by atoms with E-state index in [4.69, 9.17) is 0 Å². The number of H-pyrrole nitrogens is 1. The SMILES string of the molecule is Cc1sc2nc(CCC(=O)N3CCC4CCC(C3)N4)[nH]c(=O)c2c1C.Cl. The van der Waals surface area contributed by atoms with Crippen LogP contribution in [0.5, 0.6) is 0 Å². The van der Waals surface area contributed by atoms with E-state index >= 15 is 0 Å². The predicted molar refractivity (Wildman–Crippen MR) is 106 cm³/mol. The molecule has 142 valence electrons. The summed E-state index contributed by atoms with van der Waals surface area (Å²) in [5, 5.41) is 4.28. The molecule has 8 heteroatoms. The van der Waals surface area contributed by atoms with Crippen LogP contribution in [0.2, 0.25) is 0 Å². The average Bonchev–Trinajstić information content (AvgIpc) is 3.04. The van der Waals surface area contributed by atoms with Gasteiger partial charge in [0, 0.05) is 42.9 Å². The van der Waals surface area contributed by atoms with Crippen molar-refractivity contribution in [3.05, 3.63) is 26.6 Å². The summed E-state index contributed by atoms with van der Waals surface area (Å²) in [6.07, 6.45) is 4.32. The summed E-state index contributed by atoms with van der Waals surface area (Å²) in [4.78, 5) is 36.2. The van der Waals surface area contributed by atoms with Crippen LogP contribution in [0, 0.1) is 13.8 Å². The van der Waals surface area contributed by atoms with Crippen LogP contribution in [0.15, 0.2) is 4.79 Å². The Morgan fingerprint density at radius 2 is 2.04 bits per heavy atom. The highest BCUT2D eigenvalue weighted by Crippen LogP contribution is 2.26. The van der Waals surface area contributed by atoms with Crippen molar-refractivity contribution >= 4 is 39.9 Å². The third kappa shape index (κ3) is 3.66. The molecule has 2 bridgehead atoms. The third-order valence-corrected chi connectivity index (χ3v) is 6.64. The number of nitrogens with zero attached hydrogens (tertiary/aromatic N) is 2. The molecule has 4 rings (SSSR count). The van der Waals surface area contributed by atoms with Crippen molar-refractivity contribution in [1.29, 1.82) is 0 Å². The molecule has 2 aromatic rings. The molecule has 2 saturated heterocycles. The zero-order chi connectivity index (χ0) is 17.6. The molecule has 2 aliphatic heterocycles. The van der Waals surface area contributed by atoms with E-state index in [0.717, 1.165) is 41.2 Å². The lowest BCUT2D eigenvalue weighted by atomic mass is 10.1. The fourth-order valence-electron chi connectivity index (χ4n) is 3.97. The Balaban J connectivity index is 0.00000196. The van der Waals surface area contributed by atoms with Crippen molar-refractivity contribution in [2.75, 3.05) is 13.1 Å².